The molecule has 0 rings (SSSR count). The number of hydrogen-bond acceptors (Lipinski definition) is 3. The smallest absolute Gasteiger partial charge is 0.382 e. The van der Waals surface area contributed by atoms with E-state index in [1.54, 1.807) is 0 Å². The lowest BCUT2D eigenvalue weighted by Crippen LogP contribution is -2.33. The van der Waals surface area contributed by atoms with Crippen LogP contribution in [0.5, 0.6) is 0 Å². The van der Waals surface area contributed by atoms with Crippen LogP contribution < -0.4 is 0 Å². The SMILES string of the molecule is O=C(OC(=O)C(F)(F)P)C(F)(F)F. The molecule has 13 heavy (non-hydrogen) atoms. The number of carbonyl (C=O) groups is 2. The zero-order valence-corrected chi connectivity index (χ0v) is 6.85. The Hall–Kier alpha value is -0.780. The first-order chi connectivity index (χ1) is 5.55. The van der Waals surface area contributed by atoms with Crippen LogP contribution in [0.4, 0.5) is 22.0 Å². The highest BCUT2D eigenvalue weighted by atomic mass is 31.0. The summed E-state index contributed by atoms with van der Waals surface area (Å²) in [4.78, 5) is 19.8. The van der Waals surface area contributed by atoms with Gasteiger partial charge >= 0.3 is 23.8 Å². The quantitative estimate of drug-likeness (QED) is 0.290. The fourth-order valence-electron chi connectivity index (χ4n) is 0.210. The van der Waals surface area contributed by atoms with E-state index in [1.807, 2.05) is 0 Å². The molecular formula is C4H2F5O3P. The van der Waals surface area contributed by atoms with Crippen molar-refractivity contribution in [1.29, 1.82) is 0 Å². The Morgan fingerprint density at radius 2 is 1.38 bits per heavy atom. The maximum absolute atomic E-state index is 11.8. The second-order valence-electron chi connectivity index (χ2n) is 1.80. The van der Waals surface area contributed by atoms with Crippen molar-refractivity contribution >= 4 is 21.2 Å². The minimum atomic E-state index is -5.47. The van der Waals surface area contributed by atoms with Gasteiger partial charge in [-0.05, 0) is 9.24 Å². The van der Waals surface area contributed by atoms with Crippen LogP contribution in [0.3, 0.4) is 0 Å². The van der Waals surface area contributed by atoms with Crippen LogP contribution in [0.15, 0.2) is 0 Å². The molecule has 0 aromatic rings. The van der Waals surface area contributed by atoms with Gasteiger partial charge < -0.3 is 4.74 Å². The van der Waals surface area contributed by atoms with E-state index >= 15 is 0 Å². The van der Waals surface area contributed by atoms with Gasteiger partial charge in [0.15, 0.2) is 0 Å². The van der Waals surface area contributed by atoms with E-state index in [4.69, 9.17) is 0 Å². The van der Waals surface area contributed by atoms with Crippen molar-refractivity contribution in [1.82, 2.24) is 0 Å². The number of halogens is 5. The third kappa shape index (κ3) is 4.12. The summed E-state index contributed by atoms with van der Waals surface area (Å²) in [6, 6.07) is 0. The molecule has 1 unspecified atom stereocenters. The summed E-state index contributed by atoms with van der Waals surface area (Å²) in [5.74, 6) is -5.54. The molecule has 0 N–H and O–H groups in total. The molecule has 0 aliphatic rings. The summed E-state index contributed by atoms with van der Waals surface area (Å²) in [7, 11) is 0.635. The van der Waals surface area contributed by atoms with Crippen LogP contribution in [0.2, 0.25) is 0 Å². The molecule has 0 radical (unpaired) electrons. The second-order valence-corrected chi connectivity index (χ2v) is 2.52. The summed E-state index contributed by atoms with van der Waals surface area (Å²) in [6.07, 6.45) is -5.47. The minimum Gasteiger partial charge on any atom is -0.382 e. The van der Waals surface area contributed by atoms with Crippen LogP contribution >= 0.6 is 9.24 Å². The van der Waals surface area contributed by atoms with Crippen LogP contribution in [-0.2, 0) is 14.3 Å². The van der Waals surface area contributed by atoms with Crippen LogP contribution in [0.1, 0.15) is 0 Å². The molecule has 1 atom stereocenters. The van der Waals surface area contributed by atoms with Gasteiger partial charge in [-0.3, -0.25) is 0 Å². The number of alkyl halides is 5. The monoisotopic (exact) mass is 224 g/mol. The molecule has 0 aromatic heterocycles. The van der Waals surface area contributed by atoms with Gasteiger partial charge in [0.25, 0.3) is 0 Å². The summed E-state index contributed by atoms with van der Waals surface area (Å²) >= 11 is 0. The molecule has 76 valence electrons. The fraction of sp³-hybridized carbons (Fsp3) is 0.500. The first-order valence-corrected chi connectivity index (χ1v) is 3.13. The first kappa shape index (κ1) is 12.2. The van der Waals surface area contributed by atoms with Crippen molar-refractivity contribution < 1.29 is 36.3 Å². The molecule has 0 spiro atoms. The van der Waals surface area contributed by atoms with Gasteiger partial charge in [-0.2, -0.15) is 22.0 Å². The lowest BCUT2D eigenvalue weighted by atomic mass is 10.6. The molecule has 0 bridgehead atoms. The molecule has 0 saturated heterocycles. The molecule has 0 aromatic carbocycles. The van der Waals surface area contributed by atoms with Crippen molar-refractivity contribution in [3.05, 3.63) is 0 Å². The second kappa shape index (κ2) is 3.53. The van der Waals surface area contributed by atoms with Crippen LogP contribution in [0.25, 0.3) is 0 Å². The topological polar surface area (TPSA) is 43.4 Å². The Morgan fingerprint density at radius 3 is 1.62 bits per heavy atom. The van der Waals surface area contributed by atoms with Crippen LogP contribution in [0, 0.1) is 0 Å². The average Bonchev–Trinajstić information content (AvgIpc) is 1.82. The summed E-state index contributed by atoms with van der Waals surface area (Å²) < 4.78 is 60.4. The van der Waals surface area contributed by atoms with Gasteiger partial charge in [0.2, 0.25) is 0 Å². The molecule has 3 nitrogen and oxygen atoms in total. The van der Waals surface area contributed by atoms with Gasteiger partial charge in [0.05, 0.1) is 0 Å². The van der Waals surface area contributed by atoms with E-state index in [0.29, 0.717) is 9.24 Å². The highest BCUT2D eigenvalue weighted by Crippen LogP contribution is 2.25. The number of rotatable bonds is 1. The van der Waals surface area contributed by atoms with Gasteiger partial charge in [-0.15, -0.1) is 0 Å². The summed E-state index contributed by atoms with van der Waals surface area (Å²) in [5.41, 5.74) is -4.21. The molecule has 0 aliphatic heterocycles. The molecule has 0 aliphatic carbocycles. The normalized spacial score (nSPS) is 12.5. The van der Waals surface area contributed by atoms with Gasteiger partial charge in [-0.25, -0.2) is 9.59 Å². The Labute approximate surface area is 70.4 Å². The fourth-order valence-corrected chi connectivity index (χ4v) is 0.269. The minimum absolute atomic E-state index is 0.635. The zero-order valence-electron chi connectivity index (χ0n) is 5.69. The van der Waals surface area contributed by atoms with Crippen molar-refractivity contribution in [3.8, 4) is 0 Å². The predicted octanol–water partition coefficient (Wildman–Crippen LogP) is 1.09. The first-order valence-electron chi connectivity index (χ1n) is 2.55. The number of ether oxygens (including phenoxy) is 1. The third-order valence-corrected chi connectivity index (χ3v) is 0.925. The van der Waals surface area contributed by atoms with Crippen molar-refractivity contribution in [3.63, 3.8) is 0 Å². The van der Waals surface area contributed by atoms with Crippen molar-refractivity contribution in [2.75, 3.05) is 0 Å². The Morgan fingerprint density at radius 1 is 1.00 bits per heavy atom. The molecule has 0 amide bonds. The van der Waals surface area contributed by atoms with E-state index in [1.165, 1.54) is 0 Å². The third-order valence-electron chi connectivity index (χ3n) is 0.689. The Kier molecular flexibility index (Phi) is 3.32. The van der Waals surface area contributed by atoms with E-state index < -0.39 is 23.8 Å². The van der Waals surface area contributed by atoms with Gasteiger partial charge in [-0.1, -0.05) is 0 Å². The molecule has 9 heteroatoms. The molecular weight excluding hydrogens is 222 g/mol. The van der Waals surface area contributed by atoms with E-state index in [-0.39, 0.29) is 0 Å². The van der Waals surface area contributed by atoms with Gasteiger partial charge in [0.1, 0.15) is 0 Å². The van der Waals surface area contributed by atoms with Gasteiger partial charge in [0, 0.05) is 0 Å². The highest BCUT2D eigenvalue weighted by molar-refractivity contribution is 7.20. The Balaban J connectivity index is 4.34. The van der Waals surface area contributed by atoms with Crippen molar-refractivity contribution in [2.24, 2.45) is 0 Å². The van der Waals surface area contributed by atoms with Crippen LogP contribution in [-0.4, -0.2) is 23.8 Å². The number of hydrogen-bond donors (Lipinski definition) is 0. The highest BCUT2D eigenvalue weighted by Gasteiger charge is 2.46. The average molecular weight is 224 g/mol. The zero-order chi connectivity index (χ0) is 10.9. The molecule has 0 heterocycles. The number of carbonyl (C=O) groups excluding carboxylic acids is 2. The summed E-state index contributed by atoms with van der Waals surface area (Å²) in [6.45, 7) is 0. The lowest BCUT2D eigenvalue weighted by Gasteiger charge is -2.09. The van der Waals surface area contributed by atoms with E-state index in [0.717, 1.165) is 0 Å². The maximum Gasteiger partial charge on any atom is 0.491 e. The standard InChI is InChI=1S/C4H2F5O3P/c5-3(6,7)1(10)12-2(11)4(8,9)13/h13H2. The number of esters is 2. The lowest BCUT2D eigenvalue weighted by molar-refractivity contribution is -0.206. The molecule has 0 saturated carbocycles. The largest absolute Gasteiger partial charge is 0.491 e. The Bertz CT molecular complexity index is 205. The van der Waals surface area contributed by atoms with Crippen molar-refractivity contribution in [2.45, 2.75) is 11.8 Å². The summed E-state index contributed by atoms with van der Waals surface area (Å²) in [5, 5.41) is 0. The van der Waals surface area contributed by atoms with E-state index in [9.17, 15) is 31.5 Å². The van der Waals surface area contributed by atoms with E-state index in [2.05, 4.69) is 4.74 Å². The maximum atomic E-state index is 11.8. The molecule has 0 fully saturated rings. The predicted molar refractivity (Wildman–Crippen MR) is 31.8 cm³/mol.